The van der Waals surface area contributed by atoms with E-state index in [4.69, 9.17) is 5.73 Å². The third-order valence-corrected chi connectivity index (χ3v) is 11.2. The average Bonchev–Trinajstić information content (AvgIpc) is 3.64. The van der Waals surface area contributed by atoms with E-state index >= 15 is 0 Å². The van der Waals surface area contributed by atoms with Crippen LogP contribution in [-0.4, -0.2) is 67.3 Å². The first-order valence-corrected chi connectivity index (χ1v) is 14.9. The summed E-state index contributed by atoms with van der Waals surface area (Å²) in [6.45, 7) is 3.94. The maximum atomic E-state index is 13.9. The number of carbonyl (C=O) groups is 2. The first-order valence-electron chi connectivity index (χ1n) is 13.5. The fourth-order valence-electron chi connectivity index (χ4n) is 5.76. The number of anilines is 1. The van der Waals surface area contributed by atoms with Gasteiger partial charge in [-0.2, -0.15) is 0 Å². The molecule has 1 saturated carbocycles. The van der Waals surface area contributed by atoms with E-state index in [1.54, 1.807) is 7.05 Å². The Labute approximate surface area is 241 Å². The largest absolute Gasteiger partial charge is 0.573 e. The van der Waals surface area contributed by atoms with Crippen LogP contribution in [-0.2, 0) is 21.2 Å². The van der Waals surface area contributed by atoms with E-state index in [-0.39, 0.29) is 37.3 Å². The van der Waals surface area contributed by atoms with Gasteiger partial charge >= 0.3 is 12.4 Å². The van der Waals surface area contributed by atoms with Crippen molar-refractivity contribution in [3.63, 3.8) is 0 Å². The minimum absolute atomic E-state index is 0.0891. The minimum atomic E-state index is -4.86. The van der Waals surface area contributed by atoms with Crippen LogP contribution in [0.25, 0.3) is 0 Å². The van der Waals surface area contributed by atoms with Crippen LogP contribution in [0.1, 0.15) is 47.9 Å². The van der Waals surface area contributed by atoms with Crippen molar-refractivity contribution in [1.29, 1.82) is 0 Å². The van der Waals surface area contributed by atoms with E-state index in [1.807, 2.05) is 26.0 Å². The van der Waals surface area contributed by atoms with Gasteiger partial charge < -0.3 is 15.8 Å². The molecule has 3 N–H and O–H groups in total. The summed E-state index contributed by atoms with van der Waals surface area (Å²) in [5.74, 6) is -0.724. The Morgan fingerprint density at radius 1 is 1.12 bits per heavy atom. The molecule has 1 saturated heterocycles. The summed E-state index contributed by atoms with van der Waals surface area (Å²) in [4.78, 5) is 30.5. The molecule has 226 valence electrons. The lowest BCUT2D eigenvalue weighted by Crippen LogP contribution is -2.52. The number of urea groups is 1. The third kappa shape index (κ3) is 5.44. The highest BCUT2D eigenvalue weighted by molar-refractivity contribution is 7.90. The van der Waals surface area contributed by atoms with Crippen LogP contribution < -0.4 is 20.7 Å². The molecule has 0 bridgehead atoms. The predicted molar refractivity (Wildman–Crippen MR) is 150 cm³/mol. The smallest absolute Gasteiger partial charge is 0.406 e. The molecular weight excluding hydrogens is 575 g/mol. The van der Waals surface area contributed by atoms with Gasteiger partial charge in [-0.05, 0) is 86.9 Å². The second kappa shape index (κ2) is 10.3. The molecule has 10 nitrogen and oxygen atoms in total. The molecule has 1 aliphatic carbocycles. The number of amides is 3. The van der Waals surface area contributed by atoms with Crippen LogP contribution in [0.15, 0.2) is 41.4 Å². The zero-order valence-electron chi connectivity index (χ0n) is 23.4. The number of hydrogen-bond donors (Lipinski definition) is 2. The number of nitrogens with one attached hydrogen (secondary N) is 1. The van der Waals surface area contributed by atoms with E-state index in [0.29, 0.717) is 24.9 Å². The number of aryl methyl sites for hydroxylation is 2. The Morgan fingerprint density at radius 3 is 2.29 bits per heavy atom. The topological polar surface area (TPSA) is 134 Å². The Balaban J connectivity index is 1.31. The molecule has 2 aromatic rings. The number of piperidine rings is 1. The number of alkyl halides is 3. The summed E-state index contributed by atoms with van der Waals surface area (Å²) in [6.07, 6.45) is -3.23. The van der Waals surface area contributed by atoms with E-state index in [9.17, 15) is 31.2 Å². The lowest BCUT2D eigenvalue weighted by Gasteiger charge is -2.37. The quantitative estimate of drug-likeness (QED) is 0.497. The number of carbonyl (C=O) groups excluding carboxylic acids is 2. The molecule has 14 heteroatoms. The van der Waals surface area contributed by atoms with Crippen LogP contribution in [0.2, 0.25) is 0 Å². The highest BCUT2D eigenvalue weighted by atomic mass is 32.2. The molecular formula is C28H32F3N5O5S. The highest BCUT2D eigenvalue weighted by Crippen LogP contribution is 2.50. The van der Waals surface area contributed by atoms with Crippen LogP contribution in [0.3, 0.4) is 0 Å². The van der Waals surface area contributed by atoms with Gasteiger partial charge in [0.1, 0.15) is 17.1 Å². The number of hydrogen-bond acceptors (Lipinski definition) is 6. The van der Waals surface area contributed by atoms with Gasteiger partial charge in [-0.3, -0.25) is 14.7 Å². The summed E-state index contributed by atoms with van der Waals surface area (Å²) < 4.78 is 70.2. The fraction of sp³-hybridized carbons (Fsp3) is 0.464. The Morgan fingerprint density at radius 2 is 1.74 bits per heavy atom. The first kappa shape index (κ1) is 29.8. The van der Waals surface area contributed by atoms with Crippen molar-refractivity contribution in [3.8, 4) is 5.75 Å². The van der Waals surface area contributed by atoms with Crippen molar-refractivity contribution < 1.29 is 35.9 Å². The van der Waals surface area contributed by atoms with Crippen LogP contribution in [0.4, 0.5) is 23.7 Å². The number of halogens is 3. The summed E-state index contributed by atoms with van der Waals surface area (Å²) in [5, 5.41) is 2.66. The van der Waals surface area contributed by atoms with Gasteiger partial charge in [-0.25, -0.2) is 17.5 Å². The van der Waals surface area contributed by atoms with Crippen molar-refractivity contribution in [2.24, 2.45) is 10.7 Å². The standard InChI is InChI=1S/C28H32F3N5O5S/c1-17-13-20(35(3)25(32)38)14-18(2)22(17)16-26(7-8-26)42(39,40)36-11-9-27(10-12-36)24(37)33-23(34-27)19-5-4-6-21(15-19)41-28(29,30)31/h4-6,13-15H,7-12,16H2,1-3H3,(H2,32,38)(H,33,34,37). The average molecular weight is 608 g/mol. The molecule has 0 aromatic heterocycles. The normalized spacial score (nSPS) is 19.8. The van der Waals surface area contributed by atoms with Gasteiger partial charge in [0.2, 0.25) is 10.0 Å². The maximum absolute atomic E-state index is 13.9. The Bertz CT molecular complexity index is 1560. The van der Waals surface area contributed by atoms with Crippen molar-refractivity contribution in [3.05, 3.63) is 58.7 Å². The molecule has 0 atom stereocenters. The van der Waals surface area contributed by atoms with Gasteiger partial charge in [-0.1, -0.05) is 12.1 Å². The molecule has 0 radical (unpaired) electrons. The number of nitrogens with two attached hydrogens (primary N) is 1. The highest BCUT2D eigenvalue weighted by Gasteiger charge is 2.58. The van der Waals surface area contributed by atoms with Crippen molar-refractivity contribution in [2.75, 3.05) is 25.0 Å². The number of rotatable bonds is 7. The van der Waals surface area contributed by atoms with Gasteiger partial charge in [-0.15, -0.1) is 13.2 Å². The number of amidine groups is 1. The predicted octanol–water partition coefficient (Wildman–Crippen LogP) is 3.53. The molecule has 2 heterocycles. The molecule has 5 rings (SSSR count). The Hall–Kier alpha value is -3.65. The van der Waals surface area contributed by atoms with Crippen LogP contribution >= 0.6 is 0 Å². The number of nitrogens with zero attached hydrogens (tertiary/aromatic N) is 3. The second-order valence-corrected chi connectivity index (χ2v) is 13.6. The van der Waals surface area contributed by atoms with Gasteiger partial charge in [0, 0.05) is 31.4 Å². The molecule has 1 spiro atoms. The van der Waals surface area contributed by atoms with Gasteiger partial charge in [0.15, 0.2) is 0 Å². The van der Waals surface area contributed by atoms with Crippen molar-refractivity contribution in [1.82, 2.24) is 9.62 Å². The second-order valence-electron chi connectivity index (χ2n) is 11.2. The molecule has 0 unspecified atom stereocenters. The molecule has 3 aliphatic rings. The molecule has 2 fully saturated rings. The van der Waals surface area contributed by atoms with E-state index in [0.717, 1.165) is 28.8 Å². The number of primary amides is 1. The maximum Gasteiger partial charge on any atom is 0.573 e. The number of sulfonamides is 1. The zero-order valence-corrected chi connectivity index (χ0v) is 24.2. The minimum Gasteiger partial charge on any atom is -0.406 e. The van der Waals surface area contributed by atoms with E-state index in [1.165, 1.54) is 21.3 Å². The van der Waals surface area contributed by atoms with E-state index < -0.39 is 44.4 Å². The molecule has 2 aromatic carbocycles. The molecule has 2 aliphatic heterocycles. The number of benzene rings is 2. The lowest BCUT2D eigenvalue weighted by molar-refractivity contribution is -0.274. The van der Waals surface area contributed by atoms with Crippen LogP contribution in [0, 0.1) is 13.8 Å². The van der Waals surface area contributed by atoms with Crippen molar-refractivity contribution in [2.45, 2.75) is 62.6 Å². The zero-order chi connectivity index (χ0) is 30.7. The molecule has 42 heavy (non-hydrogen) atoms. The molecule has 3 amide bonds. The summed E-state index contributed by atoms with van der Waals surface area (Å²) in [7, 11) is -2.16. The van der Waals surface area contributed by atoms with Gasteiger partial charge in [0.05, 0.1) is 4.75 Å². The summed E-state index contributed by atoms with van der Waals surface area (Å²) in [5.41, 5.74) is 7.73. The fourth-order valence-corrected chi connectivity index (χ4v) is 7.92. The monoisotopic (exact) mass is 607 g/mol. The van der Waals surface area contributed by atoms with Crippen molar-refractivity contribution >= 4 is 33.5 Å². The Kier molecular flexibility index (Phi) is 7.29. The SMILES string of the molecule is Cc1cc(N(C)C(N)=O)cc(C)c1CC1(S(=O)(=O)N2CCC3(CC2)N=C(c2cccc(OC(F)(F)F)c2)NC3=O)CC1. The summed E-state index contributed by atoms with van der Waals surface area (Å²) in [6, 6.07) is 8.22. The first-order chi connectivity index (χ1) is 19.6. The summed E-state index contributed by atoms with van der Waals surface area (Å²) >= 11 is 0. The third-order valence-electron chi connectivity index (χ3n) is 8.46. The van der Waals surface area contributed by atoms with Gasteiger partial charge in [0.25, 0.3) is 5.91 Å². The lowest BCUT2D eigenvalue weighted by atomic mass is 9.89. The van der Waals surface area contributed by atoms with E-state index in [2.05, 4.69) is 15.0 Å². The number of aliphatic imine (C=N–C) groups is 1. The number of ether oxygens (including phenoxy) is 1. The van der Waals surface area contributed by atoms with Crippen LogP contribution in [0.5, 0.6) is 5.75 Å².